The molecule has 9 heteroatoms. The number of carbonyl (C=O) groups is 2. The van der Waals surface area contributed by atoms with Crippen LogP contribution in [-0.2, 0) is 7.05 Å². The number of fused-ring (bicyclic) bond motifs is 1. The molecule has 2 aliphatic rings. The van der Waals surface area contributed by atoms with E-state index in [-0.39, 0.29) is 17.8 Å². The van der Waals surface area contributed by atoms with Crippen molar-refractivity contribution >= 4 is 34.2 Å². The Hall–Kier alpha value is -3.72. The highest BCUT2D eigenvalue weighted by molar-refractivity contribution is 7.15. The fourth-order valence-electron chi connectivity index (χ4n) is 5.05. The molecule has 1 N–H and O–H groups in total. The third kappa shape index (κ3) is 5.03. The summed E-state index contributed by atoms with van der Waals surface area (Å²) in [6, 6.07) is 13.6. The SMILES string of the molecule is Cn1ccc2ccc(OC(=O)NC[C@@H]3CCCCN3C(=O)c3nc(C4CC4)sc3-c3ccc(F)cc3)cc21. The van der Waals surface area contributed by atoms with Gasteiger partial charge in [-0.15, -0.1) is 11.3 Å². The highest BCUT2D eigenvalue weighted by Crippen LogP contribution is 2.45. The number of amides is 2. The molecule has 0 radical (unpaired) electrons. The highest BCUT2D eigenvalue weighted by atomic mass is 32.1. The second kappa shape index (κ2) is 10.2. The van der Waals surface area contributed by atoms with Crippen LogP contribution in [-0.4, -0.2) is 45.6 Å². The summed E-state index contributed by atoms with van der Waals surface area (Å²) in [6.07, 6.45) is 6.24. The zero-order valence-corrected chi connectivity index (χ0v) is 22.0. The second-order valence-electron chi connectivity index (χ2n) is 10.1. The van der Waals surface area contributed by atoms with Crippen LogP contribution in [0.1, 0.15) is 53.5 Å². The summed E-state index contributed by atoms with van der Waals surface area (Å²) >= 11 is 1.53. The fourth-order valence-corrected chi connectivity index (χ4v) is 6.28. The van der Waals surface area contributed by atoms with Crippen LogP contribution in [0.25, 0.3) is 21.3 Å². The van der Waals surface area contributed by atoms with E-state index >= 15 is 0 Å². The molecule has 0 unspecified atom stereocenters. The summed E-state index contributed by atoms with van der Waals surface area (Å²) in [5, 5.41) is 4.90. The number of rotatable bonds is 6. The minimum absolute atomic E-state index is 0.137. The normalized spacial score (nSPS) is 17.5. The number of hydrogen-bond donors (Lipinski definition) is 1. The van der Waals surface area contributed by atoms with E-state index in [1.165, 1.54) is 23.5 Å². The van der Waals surface area contributed by atoms with Gasteiger partial charge >= 0.3 is 6.09 Å². The molecule has 7 nitrogen and oxygen atoms in total. The zero-order chi connectivity index (χ0) is 26.2. The topological polar surface area (TPSA) is 76.5 Å². The number of halogens is 1. The maximum absolute atomic E-state index is 13.8. The summed E-state index contributed by atoms with van der Waals surface area (Å²) < 4.78 is 21.1. The Morgan fingerprint density at radius 2 is 1.92 bits per heavy atom. The number of ether oxygens (including phenoxy) is 1. The first kappa shape index (κ1) is 24.6. The number of nitrogens with one attached hydrogen (secondary N) is 1. The van der Waals surface area contributed by atoms with Gasteiger partial charge in [-0.3, -0.25) is 4.79 Å². The maximum Gasteiger partial charge on any atom is 0.412 e. The number of hydrogen-bond acceptors (Lipinski definition) is 5. The lowest BCUT2D eigenvalue weighted by Gasteiger charge is -2.35. The van der Waals surface area contributed by atoms with Crippen LogP contribution in [0.15, 0.2) is 54.7 Å². The van der Waals surface area contributed by atoms with Gasteiger partial charge in [-0.05, 0) is 73.4 Å². The highest BCUT2D eigenvalue weighted by Gasteiger charge is 2.34. The number of carbonyl (C=O) groups excluding carboxylic acids is 2. The first-order valence-corrected chi connectivity index (χ1v) is 13.9. The molecule has 2 aromatic carbocycles. The number of aryl methyl sites for hydroxylation is 1. The van der Waals surface area contributed by atoms with Crippen molar-refractivity contribution < 1.29 is 18.7 Å². The molecule has 0 spiro atoms. The molecule has 1 aliphatic carbocycles. The molecule has 3 heterocycles. The number of piperidine rings is 1. The molecule has 0 bridgehead atoms. The summed E-state index contributed by atoms with van der Waals surface area (Å²) in [5.74, 6) is 0.421. The number of nitrogens with zero attached hydrogens (tertiary/aromatic N) is 3. The van der Waals surface area contributed by atoms with Crippen LogP contribution in [0.3, 0.4) is 0 Å². The van der Waals surface area contributed by atoms with Crippen LogP contribution >= 0.6 is 11.3 Å². The molecule has 6 rings (SSSR count). The van der Waals surface area contributed by atoms with E-state index in [9.17, 15) is 14.0 Å². The van der Waals surface area contributed by atoms with Crippen LogP contribution in [0.5, 0.6) is 5.75 Å². The van der Waals surface area contributed by atoms with Crippen molar-refractivity contribution in [2.24, 2.45) is 7.05 Å². The monoisotopic (exact) mass is 532 g/mol. The first-order valence-electron chi connectivity index (χ1n) is 13.0. The Kier molecular flexibility index (Phi) is 6.61. The molecule has 1 saturated carbocycles. The number of thiazole rings is 1. The molecule has 1 atom stereocenters. The van der Waals surface area contributed by atoms with Crippen molar-refractivity contribution in [2.75, 3.05) is 13.1 Å². The first-order chi connectivity index (χ1) is 18.5. The van der Waals surface area contributed by atoms with E-state index in [0.717, 1.165) is 58.5 Å². The average Bonchev–Trinajstić information content (AvgIpc) is 3.59. The summed E-state index contributed by atoms with van der Waals surface area (Å²) in [5.41, 5.74) is 2.20. The Bertz CT molecular complexity index is 1490. The fraction of sp³-hybridized carbons (Fsp3) is 0.345. The molecule has 1 aliphatic heterocycles. The van der Waals surface area contributed by atoms with Crippen molar-refractivity contribution in [1.82, 2.24) is 19.8 Å². The van der Waals surface area contributed by atoms with Gasteiger partial charge in [0.25, 0.3) is 5.91 Å². The van der Waals surface area contributed by atoms with E-state index in [2.05, 4.69) is 5.32 Å². The van der Waals surface area contributed by atoms with E-state index < -0.39 is 6.09 Å². The Labute approximate surface area is 224 Å². The van der Waals surface area contributed by atoms with Crippen molar-refractivity contribution in [3.63, 3.8) is 0 Å². The van der Waals surface area contributed by atoms with Gasteiger partial charge in [0.15, 0.2) is 0 Å². The predicted molar refractivity (Wildman–Crippen MR) is 145 cm³/mol. The van der Waals surface area contributed by atoms with Gasteiger partial charge in [-0.25, -0.2) is 14.2 Å². The lowest BCUT2D eigenvalue weighted by atomic mass is 10.0. The summed E-state index contributed by atoms with van der Waals surface area (Å²) in [6.45, 7) is 0.895. The Morgan fingerprint density at radius 1 is 1.11 bits per heavy atom. The van der Waals surface area contributed by atoms with Gasteiger partial charge in [-0.1, -0.05) is 12.1 Å². The maximum atomic E-state index is 13.8. The third-order valence-corrected chi connectivity index (χ3v) is 8.59. The van der Waals surface area contributed by atoms with E-state index in [0.29, 0.717) is 30.5 Å². The van der Waals surface area contributed by atoms with Crippen LogP contribution in [0, 0.1) is 5.82 Å². The van der Waals surface area contributed by atoms with Crippen molar-refractivity contribution in [2.45, 2.75) is 44.1 Å². The van der Waals surface area contributed by atoms with E-state index in [4.69, 9.17) is 9.72 Å². The van der Waals surface area contributed by atoms with E-state index in [1.54, 1.807) is 18.2 Å². The lowest BCUT2D eigenvalue weighted by molar-refractivity contribution is 0.0607. The van der Waals surface area contributed by atoms with Gasteiger partial charge in [0.2, 0.25) is 0 Å². The zero-order valence-electron chi connectivity index (χ0n) is 21.2. The van der Waals surface area contributed by atoms with Crippen LogP contribution in [0.4, 0.5) is 9.18 Å². The van der Waals surface area contributed by atoms with Gasteiger partial charge in [0, 0.05) is 44.4 Å². The summed E-state index contributed by atoms with van der Waals surface area (Å²) in [4.78, 5) is 33.9. The standard InChI is InChI=1S/C29H29FN4O3S/c1-33-15-13-18-9-12-23(16-24(18)33)37-29(36)31-17-22-4-2-3-14-34(22)28(35)25-26(19-7-10-21(30)11-8-19)38-27(32-25)20-5-6-20/h7-13,15-16,20,22H,2-6,14,17H2,1H3,(H,31,36)/t22-/m0/s1. The molecule has 38 heavy (non-hydrogen) atoms. The van der Waals surface area contributed by atoms with Crippen molar-refractivity contribution in [3.8, 4) is 16.2 Å². The van der Waals surface area contributed by atoms with Gasteiger partial charge in [0.05, 0.1) is 15.4 Å². The van der Waals surface area contributed by atoms with Gasteiger partial charge in [-0.2, -0.15) is 0 Å². The summed E-state index contributed by atoms with van der Waals surface area (Å²) in [7, 11) is 1.94. The Morgan fingerprint density at radius 3 is 2.71 bits per heavy atom. The van der Waals surface area contributed by atoms with Gasteiger partial charge < -0.3 is 19.5 Å². The lowest BCUT2D eigenvalue weighted by Crippen LogP contribution is -2.50. The number of likely N-dealkylation sites (tertiary alicyclic amines) is 1. The quantitative estimate of drug-likeness (QED) is 0.326. The van der Waals surface area contributed by atoms with Crippen molar-refractivity contribution in [3.05, 3.63) is 71.2 Å². The number of aromatic nitrogens is 2. The molecule has 2 amide bonds. The molecule has 2 fully saturated rings. The smallest absolute Gasteiger partial charge is 0.410 e. The predicted octanol–water partition coefficient (Wildman–Crippen LogP) is 6.10. The van der Waals surface area contributed by atoms with Crippen LogP contribution < -0.4 is 10.1 Å². The van der Waals surface area contributed by atoms with E-state index in [1.807, 2.05) is 40.9 Å². The van der Waals surface area contributed by atoms with Gasteiger partial charge in [0.1, 0.15) is 17.3 Å². The van der Waals surface area contributed by atoms with Crippen molar-refractivity contribution in [1.29, 1.82) is 0 Å². The molecular formula is C29H29FN4O3S. The average molecular weight is 533 g/mol. The molecular weight excluding hydrogens is 503 g/mol. The number of benzene rings is 2. The Balaban J connectivity index is 1.17. The largest absolute Gasteiger partial charge is 0.412 e. The third-order valence-electron chi connectivity index (χ3n) is 7.32. The molecule has 1 saturated heterocycles. The minimum atomic E-state index is -0.548. The minimum Gasteiger partial charge on any atom is -0.410 e. The molecule has 196 valence electrons. The van der Waals surface area contributed by atoms with Crippen LogP contribution in [0.2, 0.25) is 0 Å². The molecule has 4 aromatic rings. The molecule has 2 aromatic heterocycles. The second-order valence-corrected chi connectivity index (χ2v) is 11.1.